The maximum atomic E-state index is 10.2. The summed E-state index contributed by atoms with van der Waals surface area (Å²) in [5, 5.41) is 20.2. The average molecular weight is 287 g/mol. The van der Waals surface area contributed by atoms with Gasteiger partial charge in [0.2, 0.25) is 0 Å². The zero-order chi connectivity index (χ0) is 12.2. The summed E-state index contributed by atoms with van der Waals surface area (Å²) >= 11 is 3.37. The molecule has 1 aromatic rings. The third-order valence-corrected chi connectivity index (χ3v) is 3.72. The van der Waals surface area contributed by atoms with E-state index in [1.54, 1.807) is 0 Å². The number of hydrogen-bond donors (Lipinski definition) is 2. The maximum absolute atomic E-state index is 10.2. The van der Waals surface area contributed by atoms with Crippen molar-refractivity contribution in [2.24, 2.45) is 0 Å². The number of benzene rings is 1. The van der Waals surface area contributed by atoms with Crippen LogP contribution in [-0.2, 0) is 6.42 Å². The summed E-state index contributed by atoms with van der Waals surface area (Å²) in [5.41, 5.74) is 0.0728. The first-order valence-electron chi connectivity index (χ1n) is 5.66. The lowest BCUT2D eigenvalue weighted by Gasteiger charge is -2.31. The normalized spacial score (nSPS) is 13.8. The zero-order valence-corrected chi connectivity index (χ0v) is 11.4. The Kier molecular flexibility index (Phi) is 4.96. The predicted molar refractivity (Wildman–Crippen MR) is 69.4 cm³/mol. The molecular formula is C13H19BrO2. The molecule has 1 aromatic carbocycles. The highest BCUT2D eigenvalue weighted by Gasteiger charge is 2.31. The highest BCUT2D eigenvalue weighted by molar-refractivity contribution is 9.10. The highest BCUT2D eigenvalue weighted by atomic mass is 79.9. The van der Waals surface area contributed by atoms with Gasteiger partial charge in [0.1, 0.15) is 0 Å². The smallest absolute Gasteiger partial charge is 0.0903 e. The molecule has 0 radical (unpaired) electrons. The van der Waals surface area contributed by atoms with Crippen LogP contribution in [0.2, 0.25) is 0 Å². The van der Waals surface area contributed by atoms with E-state index in [9.17, 15) is 10.2 Å². The average Bonchev–Trinajstić information content (AvgIpc) is 2.31. The fourth-order valence-corrected chi connectivity index (χ4v) is 2.02. The second kappa shape index (κ2) is 5.80. The lowest BCUT2D eigenvalue weighted by molar-refractivity contribution is -0.0790. The predicted octanol–water partition coefficient (Wildman–Crippen LogP) is 2.90. The van der Waals surface area contributed by atoms with Crippen LogP contribution < -0.4 is 0 Å². The fourth-order valence-electron chi connectivity index (χ4n) is 1.75. The van der Waals surface area contributed by atoms with Crippen LogP contribution >= 0.6 is 15.9 Å². The van der Waals surface area contributed by atoms with E-state index in [1.165, 1.54) is 0 Å². The monoisotopic (exact) mass is 286 g/mol. The van der Waals surface area contributed by atoms with Crippen LogP contribution in [0, 0.1) is 0 Å². The van der Waals surface area contributed by atoms with Crippen molar-refractivity contribution >= 4 is 15.9 Å². The van der Waals surface area contributed by atoms with Crippen molar-refractivity contribution < 1.29 is 10.2 Å². The summed E-state index contributed by atoms with van der Waals surface area (Å²) in [6.45, 7) is 3.79. The van der Waals surface area contributed by atoms with Crippen LogP contribution in [0.15, 0.2) is 28.7 Å². The standard InChI is InChI=1S/C13H19BrO2/c1-3-13(16,4-2)12(15)9-10-5-7-11(14)8-6-10/h5-8,12,15-16H,3-4,9H2,1-2H3. The Bertz CT molecular complexity index is 317. The molecule has 2 nitrogen and oxygen atoms in total. The minimum Gasteiger partial charge on any atom is -0.390 e. The number of aliphatic hydroxyl groups excluding tert-OH is 1. The maximum Gasteiger partial charge on any atom is 0.0903 e. The largest absolute Gasteiger partial charge is 0.390 e. The molecule has 0 bridgehead atoms. The second-order valence-electron chi connectivity index (χ2n) is 4.16. The SMILES string of the molecule is CCC(O)(CC)C(O)Cc1ccc(Br)cc1. The van der Waals surface area contributed by atoms with Crippen LogP contribution in [0.25, 0.3) is 0 Å². The zero-order valence-electron chi connectivity index (χ0n) is 9.78. The topological polar surface area (TPSA) is 40.5 Å². The summed E-state index contributed by atoms with van der Waals surface area (Å²) in [6, 6.07) is 7.80. The van der Waals surface area contributed by atoms with E-state index >= 15 is 0 Å². The van der Waals surface area contributed by atoms with Gasteiger partial charge < -0.3 is 10.2 Å². The molecule has 1 rings (SSSR count). The number of halogens is 1. The van der Waals surface area contributed by atoms with E-state index in [-0.39, 0.29) is 0 Å². The Morgan fingerprint density at radius 3 is 2.12 bits per heavy atom. The van der Waals surface area contributed by atoms with Crippen LogP contribution in [0.5, 0.6) is 0 Å². The lowest BCUT2D eigenvalue weighted by Crippen LogP contribution is -2.42. The van der Waals surface area contributed by atoms with Gasteiger partial charge in [-0.25, -0.2) is 0 Å². The molecule has 0 saturated carbocycles. The molecule has 2 N–H and O–H groups in total. The highest BCUT2D eigenvalue weighted by Crippen LogP contribution is 2.23. The summed E-state index contributed by atoms with van der Waals surface area (Å²) in [7, 11) is 0. The van der Waals surface area contributed by atoms with Crippen molar-refractivity contribution in [3.63, 3.8) is 0 Å². The molecule has 0 aromatic heterocycles. The van der Waals surface area contributed by atoms with Crippen molar-refractivity contribution in [3.05, 3.63) is 34.3 Å². The molecule has 90 valence electrons. The summed E-state index contributed by atoms with van der Waals surface area (Å²) in [6.07, 6.45) is 0.928. The van der Waals surface area contributed by atoms with Gasteiger partial charge in [0.05, 0.1) is 11.7 Å². The first-order chi connectivity index (χ1) is 7.51. The van der Waals surface area contributed by atoms with Gasteiger partial charge in [-0.05, 0) is 30.5 Å². The van der Waals surface area contributed by atoms with E-state index in [0.29, 0.717) is 19.3 Å². The van der Waals surface area contributed by atoms with Gasteiger partial charge in [0.25, 0.3) is 0 Å². The van der Waals surface area contributed by atoms with Crippen LogP contribution in [0.1, 0.15) is 32.3 Å². The Labute approximate surface area is 105 Å². The van der Waals surface area contributed by atoms with Gasteiger partial charge in [0.15, 0.2) is 0 Å². The first kappa shape index (κ1) is 13.7. The molecule has 0 aliphatic rings. The third kappa shape index (κ3) is 3.30. The minimum absolute atomic E-state index is 0.492. The molecule has 1 atom stereocenters. The summed E-state index contributed by atoms with van der Waals surface area (Å²) < 4.78 is 1.02. The quantitative estimate of drug-likeness (QED) is 0.874. The summed E-state index contributed by atoms with van der Waals surface area (Å²) in [5.74, 6) is 0. The molecule has 0 amide bonds. The van der Waals surface area contributed by atoms with Gasteiger partial charge in [-0.3, -0.25) is 0 Å². The molecule has 0 aliphatic carbocycles. The van der Waals surface area contributed by atoms with Gasteiger partial charge in [-0.15, -0.1) is 0 Å². The van der Waals surface area contributed by atoms with E-state index < -0.39 is 11.7 Å². The number of aliphatic hydroxyl groups is 2. The lowest BCUT2D eigenvalue weighted by atomic mass is 9.87. The Hall–Kier alpha value is -0.380. The van der Waals surface area contributed by atoms with Crippen molar-refractivity contribution in [2.45, 2.75) is 44.8 Å². The van der Waals surface area contributed by atoms with Crippen LogP contribution in [-0.4, -0.2) is 21.9 Å². The molecule has 0 fully saturated rings. The van der Waals surface area contributed by atoms with E-state index in [2.05, 4.69) is 15.9 Å². The molecule has 0 heterocycles. The second-order valence-corrected chi connectivity index (χ2v) is 5.07. The molecule has 0 saturated heterocycles. The van der Waals surface area contributed by atoms with Crippen LogP contribution in [0.3, 0.4) is 0 Å². The van der Waals surface area contributed by atoms with Gasteiger partial charge in [-0.2, -0.15) is 0 Å². The fraction of sp³-hybridized carbons (Fsp3) is 0.538. The Morgan fingerprint density at radius 2 is 1.69 bits per heavy atom. The number of hydrogen-bond acceptors (Lipinski definition) is 2. The first-order valence-corrected chi connectivity index (χ1v) is 6.46. The van der Waals surface area contributed by atoms with Crippen molar-refractivity contribution in [3.8, 4) is 0 Å². The molecule has 0 spiro atoms. The summed E-state index contributed by atoms with van der Waals surface area (Å²) in [4.78, 5) is 0. The Balaban J connectivity index is 2.70. The number of rotatable bonds is 5. The third-order valence-electron chi connectivity index (χ3n) is 3.19. The minimum atomic E-state index is -0.965. The van der Waals surface area contributed by atoms with Crippen molar-refractivity contribution in [1.29, 1.82) is 0 Å². The van der Waals surface area contributed by atoms with Gasteiger partial charge in [-0.1, -0.05) is 41.9 Å². The van der Waals surface area contributed by atoms with Crippen molar-refractivity contribution in [2.75, 3.05) is 0 Å². The van der Waals surface area contributed by atoms with Crippen LogP contribution in [0.4, 0.5) is 0 Å². The van der Waals surface area contributed by atoms with Crippen molar-refractivity contribution in [1.82, 2.24) is 0 Å². The van der Waals surface area contributed by atoms with E-state index in [0.717, 1.165) is 10.0 Å². The molecule has 3 heteroatoms. The molecule has 1 unspecified atom stereocenters. The van der Waals surface area contributed by atoms with E-state index in [4.69, 9.17) is 0 Å². The molecule has 16 heavy (non-hydrogen) atoms. The molecule has 0 aliphatic heterocycles. The van der Waals surface area contributed by atoms with Gasteiger partial charge in [0, 0.05) is 10.9 Å². The van der Waals surface area contributed by atoms with E-state index in [1.807, 2.05) is 38.1 Å². The Morgan fingerprint density at radius 1 is 1.19 bits per heavy atom. The van der Waals surface area contributed by atoms with Gasteiger partial charge >= 0.3 is 0 Å². The molecular weight excluding hydrogens is 268 g/mol.